The van der Waals surface area contributed by atoms with Crippen LogP contribution in [0.15, 0.2) is 24.3 Å². The van der Waals surface area contributed by atoms with Crippen molar-refractivity contribution in [2.75, 3.05) is 13.1 Å². The maximum absolute atomic E-state index is 12.2. The van der Waals surface area contributed by atoms with Gasteiger partial charge in [-0.05, 0) is 42.9 Å². The zero-order valence-corrected chi connectivity index (χ0v) is 14.7. The number of hydrogen-bond donors (Lipinski definition) is 3. The minimum absolute atomic E-state index is 0. The smallest absolute Gasteiger partial charge is 0.220 e. The maximum atomic E-state index is 12.2. The molecule has 0 heterocycles. The number of carbonyl (C=O) groups is 1. The molecule has 0 aromatic heterocycles. The summed E-state index contributed by atoms with van der Waals surface area (Å²) in [6.45, 7) is 2.79. The van der Waals surface area contributed by atoms with Crippen LogP contribution in [0.3, 0.4) is 0 Å². The van der Waals surface area contributed by atoms with Gasteiger partial charge in [0, 0.05) is 13.0 Å². The van der Waals surface area contributed by atoms with Gasteiger partial charge in [0.2, 0.25) is 5.91 Å². The van der Waals surface area contributed by atoms with E-state index in [1.165, 1.54) is 6.42 Å². The first-order valence-corrected chi connectivity index (χ1v) is 8.27. The van der Waals surface area contributed by atoms with Gasteiger partial charge in [-0.1, -0.05) is 43.5 Å². The first-order chi connectivity index (χ1) is 10.6. The number of rotatable bonds is 6. The van der Waals surface area contributed by atoms with Crippen LogP contribution in [0.5, 0.6) is 0 Å². The molecule has 0 bridgehead atoms. The van der Waals surface area contributed by atoms with Gasteiger partial charge in [-0.3, -0.25) is 4.79 Å². The summed E-state index contributed by atoms with van der Waals surface area (Å²) in [7, 11) is 0. The molecule has 1 amide bonds. The number of aliphatic hydroxyl groups is 1. The average molecular weight is 341 g/mol. The molecule has 1 saturated carbocycles. The lowest BCUT2D eigenvalue weighted by Crippen LogP contribution is -2.39. The second-order valence-corrected chi connectivity index (χ2v) is 6.62. The van der Waals surface area contributed by atoms with Crippen LogP contribution in [-0.4, -0.2) is 24.1 Å². The molecule has 0 radical (unpaired) electrons. The van der Waals surface area contributed by atoms with E-state index in [1.54, 1.807) is 0 Å². The molecular weight excluding hydrogens is 312 g/mol. The van der Waals surface area contributed by atoms with Gasteiger partial charge in [0.25, 0.3) is 0 Å². The third kappa shape index (κ3) is 5.48. The Hall–Kier alpha value is -1.10. The largest absolute Gasteiger partial charge is 0.387 e. The third-order valence-electron chi connectivity index (χ3n) is 4.92. The lowest BCUT2D eigenvalue weighted by molar-refractivity contribution is -0.124. The molecule has 0 saturated heterocycles. The Bertz CT molecular complexity index is 502. The molecule has 1 unspecified atom stereocenters. The Kier molecular flexibility index (Phi) is 8.03. The molecule has 0 aliphatic heterocycles. The molecule has 1 aliphatic carbocycles. The van der Waals surface area contributed by atoms with Crippen molar-refractivity contribution in [3.05, 3.63) is 35.4 Å². The third-order valence-corrected chi connectivity index (χ3v) is 4.92. The number of halogens is 1. The molecule has 1 fully saturated rings. The number of benzene rings is 1. The van der Waals surface area contributed by atoms with E-state index in [9.17, 15) is 9.90 Å². The summed E-state index contributed by atoms with van der Waals surface area (Å²) in [5.41, 5.74) is 7.80. The number of aliphatic hydroxyl groups excluding tert-OH is 1. The average Bonchev–Trinajstić information content (AvgIpc) is 2.54. The highest BCUT2D eigenvalue weighted by Crippen LogP contribution is 2.38. The van der Waals surface area contributed by atoms with Crippen LogP contribution in [0.2, 0.25) is 0 Å². The molecule has 4 nitrogen and oxygen atoms in total. The van der Waals surface area contributed by atoms with E-state index in [0.29, 0.717) is 13.0 Å². The molecule has 1 aromatic carbocycles. The number of aryl methyl sites for hydroxylation is 1. The van der Waals surface area contributed by atoms with Gasteiger partial charge in [0.1, 0.15) is 0 Å². The van der Waals surface area contributed by atoms with Crippen molar-refractivity contribution >= 4 is 18.3 Å². The number of nitrogens with one attached hydrogen (secondary N) is 1. The zero-order valence-electron chi connectivity index (χ0n) is 13.9. The van der Waals surface area contributed by atoms with Crippen LogP contribution < -0.4 is 11.1 Å². The fraction of sp³-hybridized carbons (Fsp3) is 0.611. The van der Waals surface area contributed by atoms with Crippen molar-refractivity contribution in [3.8, 4) is 0 Å². The molecule has 0 spiro atoms. The van der Waals surface area contributed by atoms with E-state index in [-0.39, 0.29) is 30.3 Å². The van der Waals surface area contributed by atoms with E-state index < -0.39 is 6.10 Å². The predicted octanol–water partition coefficient (Wildman–Crippen LogP) is 2.87. The van der Waals surface area contributed by atoms with E-state index in [4.69, 9.17) is 5.73 Å². The summed E-state index contributed by atoms with van der Waals surface area (Å²) in [5, 5.41) is 13.1. The lowest BCUT2D eigenvalue weighted by Gasteiger charge is -2.35. The number of carbonyl (C=O) groups excluding carboxylic acids is 1. The Morgan fingerprint density at radius 3 is 2.57 bits per heavy atom. The highest BCUT2D eigenvalue weighted by Gasteiger charge is 2.32. The van der Waals surface area contributed by atoms with Gasteiger partial charge in [-0.15, -0.1) is 12.4 Å². The highest BCUT2D eigenvalue weighted by molar-refractivity contribution is 5.85. The SMILES string of the molecule is Cc1ccccc1C(O)CNC(=O)CC1(CN)CCCCC1.Cl. The normalized spacial score (nSPS) is 17.9. The second-order valence-electron chi connectivity index (χ2n) is 6.62. The molecule has 4 N–H and O–H groups in total. The lowest BCUT2D eigenvalue weighted by atomic mass is 9.71. The molecule has 130 valence electrons. The Morgan fingerprint density at radius 1 is 1.30 bits per heavy atom. The van der Waals surface area contributed by atoms with Crippen molar-refractivity contribution < 1.29 is 9.90 Å². The van der Waals surface area contributed by atoms with Crippen LogP contribution in [0, 0.1) is 12.3 Å². The minimum atomic E-state index is -0.662. The van der Waals surface area contributed by atoms with E-state index in [1.807, 2.05) is 31.2 Å². The predicted molar refractivity (Wildman–Crippen MR) is 95.6 cm³/mol. The maximum Gasteiger partial charge on any atom is 0.220 e. The summed E-state index contributed by atoms with van der Waals surface area (Å²) in [6.07, 6.45) is 5.46. The Morgan fingerprint density at radius 2 is 1.96 bits per heavy atom. The summed E-state index contributed by atoms with van der Waals surface area (Å²) in [6, 6.07) is 7.71. The van der Waals surface area contributed by atoms with Crippen LogP contribution in [-0.2, 0) is 4.79 Å². The molecular formula is C18H29ClN2O2. The minimum Gasteiger partial charge on any atom is -0.387 e. The molecule has 1 atom stereocenters. The zero-order chi connectivity index (χ0) is 16.0. The van der Waals surface area contributed by atoms with Crippen molar-refractivity contribution in [3.63, 3.8) is 0 Å². The molecule has 2 rings (SSSR count). The Labute approximate surface area is 145 Å². The first kappa shape index (κ1) is 19.9. The van der Waals surface area contributed by atoms with Crippen molar-refractivity contribution in [2.45, 2.75) is 51.6 Å². The standard InChI is InChI=1S/C18H28N2O2.ClH/c1-14-7-3-4-8-15(14)16(21)12-20-17(22)11-18(13-19)9-5-2-6-10-18;/h3-4,7-8,16,21H,2,5-6,9-13,19H2,1H3,(H,20,22);1H. The van der Waals surface area contributed by atoms with Crippen molar-refractivity contribution in [2.24, 2.45) is 11.1 Å². The second kappa shape index (κ2) is 9.26. The number of hydrogen-bond acceptors (Lipinski definition) is 3. The summed E-state index contributed by atoms with van der Waals surface area (Å²) < 4.78 is 0. The van der Waals surface area contributed by atoms with E-state index >= 15 is 0 Å². The van der Waals surface area contributed by atoms with Gasteiger partial charge < -0.3 is 16.2 Å². The fourth-order valence-electron chi connectivity index (χ4n) is 3.44. The molecule has 1 aliphatic rings. The van der Waals surface area contributed by atoms with Gasteiger partial charge in [-0.2, -0.15) is 0 Å². The quantitative estimate of drug-likeness (QED) is 0.745. The molecule has 23 heavy (non-hydrogen) atoms. The van der Waals surface area contributed by atoms with Gasteiger partial charge in [-0.25, -0.2) is 0 Å². The Balaban J connectivity index is 0.00000264. The van der Waals surface area contributed by atoms with E-state index in [0.717, 1.165) is 36.8 Å². The topological polar surface area (TPSA) is 75.3 Å². The highest BCUT2D eigenvalue weighted by atomic mass is 35.5. The fourth-order valence-corrected chi connectivity index (χ4v) is 3.44. The van der Waals surface area contributed by atoms with Gasteiger partial charge in [0.05, 0.1) is 6.10 Å². The van der Waals surface area contributed by atoms with Gasteiger partial charge >= 0.3 is 0 Å². The summed E-state index contributed by atoms with van der Waals surface area (Å²) in [5.74, 6) is -0.0000146. The van der Waals surface area contributed by atoms with Crippen LogP contribution in [0.1, 0.15) is 55.8 Å². The van der Waals surface area contributed by atoms with Crippen molar-refractivity contribution in [1.82, 2.24) is 5.32 Å². The number of nitrogens with two attached hydrogens (primary N) is 1. The van der Waals surface area contributed by atoms with Crippen LogP contribution >= 0.6 is 12.4 Å². The molecule has 1 aromatic rings. The van der Waals surface area contributed by atoms with Gasteiger partial charge in [0.15, 0.2) is 0 Å². The monoisotopic (exact) mass is 340 g/mol. The first-order valence-electron chi connectivity index (χ1n) is 8.27. The summed E-state index contributed by atoms with van der Waals surface area (Å²) in [4.78, 5) is 12.2. The van der Waals surface area contributed by atoms with Crippen molar-refractivity contribution in [1.29, 1.82) is 0 Å². The van der Waals surface area contributed by atoms with Crippen LogP contribution in [0.4, 0.5) is 0 Å². The molecule has 5 heteroatoms. The van der Waals surface area contributed by atoms with Crippen LogP contribution in [0.25, 0.3) is 0 Å². The van der Waals surface area contributed by atoms with E-state index in [2.05, 4.69) is 5.32 Å². The summed E-state index contributed by atoms with van der Waals surface area (Å²) >= 11 is 0. The number of amides is 1.